The summed E-state index contributed by atoms with van der Waals surface area (Å²) in [5.41, 5.74) is -1.51. The molecule has 0 saturated carbocycles. The van der Waals surface area contributed by atoms with E-state index >= 15 is 0 Å². The molecule has 0 aliphatic carbocycles. The molecule has 0 atom stereocenters. The van der Waals surface area contributed by atoms with E-state index in [9.17, 15) is 5.11 Å². The molecule has 7 heteroatoms. The summed E-state index contributed by atoms with van der Waals surface area (Å²) in [5.74, 6) is 1.54. The maximum atomic E-state index is 10.2. The molecule has 0 saturated heterocycles. The summed E-state index contributed by atoms with van der Waals surface area (Å²) < 4.78 is 0. The fourth-order valence-electron chi connectivity index (χ4n) is 1.37. The molecule has 0 aliphatic rings. The van der Waals surface area contributed by atoms with Crippen LogP contribution in [0.25, 0.3) is 0 Å². The van der Waals surface area contributed by atoms with Crippen molar-refractivity contribution in [1.29, 1.82) is 0 Å². The third-order valence-corrected chi connectivity index (χ3v) is 3.51. The van der Waals surface area contributed by atoms with Gasteiger partial charge in [0.2, 0.25) is 17.8 Å². The second-order valence-electron chi connectivity index (χ2n) is 6.41. The van der Waals surface area contributed by atoms with Gasteiger partial charge in [0, 0.05) is 20.6 Å². The van der Waals surface area contributed by atoms with Crippen LogP contribution in [-0.4, -0.2) is 51.8 Å². The normalized spacial score (nSPS) is 12.2. The molecule has 0 bridgehead atoms. The molecule has 0 spiro atoms. The highest BCUT2D eigenvalue weighted by Crippen LogP contribution is 2.25. The van der Waals surface area contributed by atoms with Crippen LogP contribution in [0.15, 0.2) is 0 Å². The highest BCUT2D eigenvalue weighted by atomic mass is 16.3. The van der Waals surface area contributed by atoms with E-state index in [4.69, 9.17) is 0 Å². The van der Waals surface area contributed by atoms with Gasteiger partial charge >= 0.3 is 0 Å². The molecule has 21 heavy (non-hydrogen) atoms. The standard InChI is InChI=1S/C14H28N6O/c1-8-9-15-10-16-11(18-12(17-10)20(6)7)19-13(2,3)14(4,5)21/h21H,8-9H2,1-7H3,(H2,15,16,17,18,19). The molecule has 1 aromatic heterocycles. The number of nitrogens with zero attached hydrogens (tertiary/aromatic N) is 4. The maximum Gasteiger partial charge on any atom is 0.231 e. The van der Waals surface area contributed by atoms with Crippen LogP contribution >= 0.6 is 0 Å². The predicted octanol–water partition coefficient (Wildman–Crippen LogP) is 1.72. The molecule has 0 unspecified atom stereocenters. The van der Waals surface area contributed by atoms with Crippen molar-refractivity contribution in [3.05, 3.63) is 0 Å². The Kier molecular flexibility index (Phi) is 5.33. The van der Waals surface area contributed by atoms with Gasteiger partial charge in [0.25, 0.3) is 0 Å². The topological polar surface area (TPSA) is 86.2 Å². The Balaban J connectivity index is 3.08. The molecule has 120 valence electrons. The highest BCUT2D eigenvalue weighted by Gasteiger charge is 2.35. The fraction of sp³-hybridized carbons (Fsp3) is 0.786. The molecule has 1 heterocycles. The molecular formula is C14H28N6O. The third kappa shape index (κ3) is 4.70. The zero-order valence-corrected chi connectivity index (χ0v) is 14.2. The predicted molar refractivity (Wildman–Crippen MR) is 86.9 cm³/mol. The quantitative estimate of drug-likeness (QED) is 0.706. The molecule has 0 aliphatic heterocycles. The van der Waals surface area contributed by atoms with Crippen LogP contribution in [-0.2, 0) is 0 Å². The van der Waals surface area contributed by atoms with Gasteiger partial charge in [-0.05, 0) is 34.1 Å². The van der Waals surface area contributed by atoms with E-state index in [0.717, 1.165) is 13.0 Å². The van der Waals surface area contributed by atoms with Crippen molar-refractivity contribution in [2.24, 2.45) is 0 Å². The number of aromatic nitrogens is 3. The summed E-state index contributed by atoms with van der Waals surface area (Å²) in [6.45, 7) is 10.2. The van der Waals surface area contributed by atoms with Gasteiger partial charge in [-0.15, -0.1) is 0 Å². The summed E-state index contributed by atoms with van der Waals surface area (Å²) >= 11 is 0. The number of hydrogen-bond acceptors (Lipinski definition) is 7. The smallest absolute Gasteiger partial charge is 0.231 e. The number of hydrogen-bond donors (Lipinski definition) is 3. The molecule has 0 amide bonds. The van der Waals surface area contributed by atoms with E-state index in [-0.39, 0.29) is 0 Å². The molecule has 0 aromatic carbocycles. The van der Waals surface area contributed by atoms with E-state index in [2.05, 4.69) is 32.5 Å². The van der Waals surface area contributed by atoms with Gasteiger partial charge in [0.15, 0.2) is 0 Å². The lowest BCUT2D eigenvalue weighted by Gasteiger charge is -2.38. The highest BCUT2D eigenvalue weighted by molar-refractivity contribution is 5.44. The van der Waals surface area contributed by atoms with Crippen LogP contribution in [0, 0.1) is 0 Å². The summed E-state index contributed by atoms with van der Waals surface area (Å²) in [7, 11) is 3.76. The fourth-order valence-corrected chi connectivity index (χ4v) is 1.37. The minimum absolute atomic E-state index is 0.444. The van der Waals surface area contributed by atoms with Crippen molar-refractivity contribution in [3.63, 3.8) is 0 Å². The lowest BCUT2D eigenvalue weighted by atomic mass is 9.86. The van der Waals surface area contributed by atoms with Gasteiger partial charge in [0.1, 0.15) is 0 Å². The van der Waals surface area contributed by atoms with E-state index in [1.165, 1.54) is 0 Å². The van der Waals surface area contributed by atoms with E-state index in [0.29, 0.717) is 17.8 Å². The Morgan fingerprint density at radius 1 is 1.05 bits per heavy atom. The van der Waals surface area contributed by atoms with Crippen LogP contribution in [0.3, 0.4) is 0 Å². The molecule has 1 aromatic rings. The van der Waals surface area contributed by atoms with Crippen LogP contribution < -0.4 is 15.5 Å². The van der Waals surface area contributed by atoms with E-state index in [1.807, 2.05) is 32.8 Å². The summed E-state index contributed by atoms with van der Waals surface area (Å²) in [5, 5.41) is 16.6. The first kappa shape index (κ1) is 17.4. The third-order valence-electron chi connectivity index (χ3n) is 3.51. The Hall–Kier alpha value is -1.63. The Labute approximate surface area is 127 Å². The van der Waals surface area contributed by atoms with Crippen molar-refractivity contribution in [2.45, 2.75) is 52.2 Å². The zero-order valence-electron chi connectivity index (χ0n) is 14.2. The van der Waals surface area contributed by atoms with Crippen molar-refractivity contribution in [1.82, 2.24) is 15.0 Å². The first-order valence-corrected chi connectivity index (χ1v) is 7.24. The second-order valence-corrected chi connectivity index (χ2v) is 6.41. The van der Waals surface area contributed by atoms with Crippen LogP contribution in [0.2, 0.25) is 0 Å². The van der Waals surface area contributed by atoms with E-state index < -0.39 is 11.1 Å². The number of nitrogens with one attached hydrogen (secondary N) is 2. The second kappa shape index (κ2) is 6.43. The molecule has 0 radical (unpaired) electrons. The maximum absolute atomic E-state index is 10.2. The van der Waals surface area contributed by atoms with Gasteiger partial charge < -0.3 is 20.6 Å². The van der Waals surface area contributed by atoms with E-state index in [1.54, 1.807) is 13.8 Å². The van der Waals surface area contributed by atoms with Crippen molar-refractivity contribution in [2.75, 3.05) is 36.2 Å². The van der Waals surface area contributed by atoms with Gasteiger partial charge in [0.05, 0.1) is 11.1 Å². The van der Waals surface area contributed by atoms with Crippen LogP contribution in [0.1, 0.15) is 41.0 Å². The van der Waals surface area contributed by atoms with Crippen molar-refractivity contribution < 1.29 is 5.11 Å². The van der Waals surface area contributed by atoms with Crippen molar-refractivity contribution >= 4 is 17.8 Å². The SMILES string of the molecule is CCCNc1nc(NC(C)(C)C(C)(C)O)nc(N(C)C)n1. The average Bonchev–Trinajstić information content (AvgIpc) is 2.34. The lowest BCUT2D eigenvalue weighted by Crippen LogP contribution is -2.51. The number of rotatable bonds is 7. The van der Waals surface area contributed by atoms with Gasteiger partial charge in [-0.1, -0.05) is 6.92 Å². The zero-order chi connectivity index (χ0) is 16.3. The molecule has 1 rings (SSSR count). The first-order valence-electron chi connectivity index (χ1n) is 7.24. The van der Waals surface area contributed by atoms with Gasteiger partial charge in [-0.3, -0.25) is 0 Å². The molecule has 7 nitrogen and oxygen atoms in total. The Morgan fingerprint density at radius 2 is 1.62 bits per heavy atom. The largest absolute Gasteiger partial charge is 0.388 e. The monoisotopic (exact) mass is 296 g/mol. The molecular weight excluding hydrogens is 268 g/mol. The van der Waals surface area contributed by atoms with Crippen LogP contribution in [0.4, 0.5) is 17.8 Å². The summed E-state index contributed by atoms with van der Waals surface area (Å²) in [6, 6.07) is 0. The van der Waals surface area contributed by atoms with Crippen LogP contribution in [0.5, 0.6) is 0 Å². The molecule has 3 N–H and O–H groups in total. The Bertz CT molecular complexity index is 467. The first-order chi connectivity index (χ1) is 9.56. The van der Waals surface area contributed by atoms with Gasteiger partial charge in [-0.2, -0.15) is 15.0 Å². The minimum Gasteiger partial charge on any atom is -0.388 e. The average molecular weight is 296 g/mol. The van der Waals surface area contributed by atoms with Gasteiger partial charge in [-0.25, -0.2) is 0 Å². The minimum atomic E-state index is -0.922. The lowest BCUT2D eigenvalue weighted by molar-refractivity contribution is 0.0237. The summed E-state index contributed by atoms with van der Waals surface area (Å²) in [6.07, 6.45) is 0.987. The number of aliphatic hydroxyl groups is 1. The van der Waals surface area contributed by atoms with Crippen molar-refractivity contribution in [3.8, 4) is 0 Å². The summed E-state index contributed by atoms with van der Waals surface area (Å²) in [4.78, 5) is 14.9. The molecule has 0 fully saturated rings. The Morgan fingerprint density at radius 3 is 2.10 bits per heavy atom. The number of anilines is 3.